The molecular formula is C17H15NOS2. The van der Waals surface area contributed by atoms with Gasteiger partial charge in [0, 0.05) is 15.8 Å². The second-order valence-electron chi connectivity index (χ2n) is 4.46. The molecule has 0 unspecified atom stereocenters. The van der Waals surface area contributed by atoms with Gasteiger partial charge in [-0.1, -0.05) is 30.3 Å². The molecule has 0 saturated carbocycles. The molecular weight excluding hydrogens is 298 g/mol. The molecule has 0 amide bonds. The average Bonchev–Trinajstić information content (AvgIpc) is 3.03. The Morgan fingerprint density at radius 2 is 1.81 bits per heavy atom. The molecule has 21 heavy (non-hydrogen) atoms. The Morgan fingerprint density at radius 1 is 1.05 bits per heavy atom. The number of hydrogen-bond acceptors (Lipinski definition) is 4. The number of rotatable bonds is 5. The van der Waals surface area contributed by atoms with Crippen molar-refractivity contribution in [2.45, 2.75) is 11.5 Å². The van der Waals surface area contributed by atoms with E-state index in [1.165, 1.54) is 4.90 Å². The molecule has 3 aromatic rings. The first kappa shape index (κ1) is 14.2. The van der Waals surface area contributed by atoms with Crippen LogP contribution in [0.1, 0.15) is 5.01 Å². The number of ether oxygens (including phenoxy) is 1. The van der Waals surface area contributed by atoms with Crippen molar-refractivity contribution in [3.63, 3.8) is 0 Å². The van der Waals surface area contributed by atoms with Gasteiger partial charge in [-0.3, -0.25) is 0 Å². The third-order valence-electron chi connectivity index (χ3n) is 3.04. The molecule has 2 nitrogen and oxygen atoms in total. The van der Waals surface area contributed by atoms with Crippen molar-refractivity contribution in [3.05, 3.63) is 65.0 Å². The topological polar surface area (TPSA) is 22.1 Å². The maximum Gasteiger partial charge on any atom is 0.140 e. The lowest BCUT2D eigenvalue weighted by Gasteiger charge is -2.02. The number of para-hydroxylation sites is 1. The molecule has 0 fully saturated rings. The number of benzene rings is 2. The van der Waals surface area contributed by atoms with Crippen LogP contribution in [-0.4, -0.2) is 11.2 Å². The van der Waals surface area contributed by atoms with E-state index in [1.807, 2.05) is 30.3 Å². The third-order valence-corrected chi connectivity index (χ3v) is 4.61. The Labute approximate surface area is 132 Å². The Morgan fingerprint density at radius 3 is 2.52 bits per heavy atom. The van der Waals surface area contributed by atoms with Gasteiger partial charge in [0.2, 0.25) is 0 Å². The van der Waals surface area contributed by atoms with Gasteiger partial charge >= 0.3 is 0 Å². The van der Waals surface area contributed by atoms with Crippen LogP contribution in [-0.2, 0) is 6.61 Å². The quantitative estimate of drug-likeness (QED) is 0.611. The van der Waals surface area contributed by atoms with Crippen molar-refractivity contribution in [1.29, 1.82) is 0 Å². The Bertz CT molecular complexity index is 692. The van der Waals surface area contributed by atoms with E-state index in [4.69, 9.17) is 4.74 Å². The summed E-state index contributed by atoms with van der Waals surface area (Å²) in [4.78, 5) is 5.90. The van der Waals surface area contributed by atoms with E-state index < -0.39 is 0 Å². The summed E-state index contributed by atoms with van der Waals surface area (Å²) in [6, 6.07) is 18.3. The van der Waals surface area contributed by atoms with Crippen molar-refractivity contribution in [3.8, 4) is 17.0 Å². The Balaban J connectivity index is 1.68. The van der Waals surface area contributed by atoms with E-state index in [2.05, 4.69) is 40.9 Å². The van der Waals surface area contributed by atoms with Gasteiger partial charge in [0.05, 0.1) is 5.69 Å². The third kappa shape index (κ3) is 3.65. The highest BCUT2D eigenvalue weighted by molar-refractivity contribution is 7.98. The highest BCUT2D eigenvalue weighted by atomic mass is 32.2. The highest BCUT2D eigenvalue weighted by Gasteiger charge is 2.05. The van der Waals surface area contributed by atoms with Crippen LogP contribution in [0.4, 0.5) is 0 Å². The summed E-state index contributed by atoms with van der Waals surface area (Å²) < 4.78 is 5.72. The predicted octanol–water partition coefficient (Wildman–Crippen LogP) is 5.11. The molecule has 0 N–H and O–H groups in total. The lowest BCUT2D eigenvalue weighted by Crippen LogP contribution is -1.94. The van der Waals surface area contributed by atoms with Crippen molar-refractivity contribution in [2.24, 2.45) is 0 Å². The largest absolute Gasteiger partial charge is 0.486 e. The van der Waals surface area contributed by atoms with Gasteiger partial charge in [-0.15, -0.1) is 23.1 Å². The number of thioether (sulfide) groups is 1. The van der Waals surface area contributed by atoms with Gasteiger partial charge in [-0.25, -0.2) is 4.98 Å². The van der Waals surface area contributed by atoms with E-state index in [0.717, 1.165) is 22.0 Å². The number of aromatic nitrogens is 1. The number of thiazole rings is 1. The van der Waals surface area contributed by atoms with Crippen LogP contribution in [0.25, 0.3) is 11.3 Å². The van der Waals surface area contributed by atoms with Crippen LogP contribution in [0.5, 0.6) is 5.75 Å². The van der Waals surface area contributed by atoms with Crippen LogP contribution in [0, 0.1) is 0 Å². The molecule has 0 aliphatic carbocycles. The Kier molecular flexibility index (Phi) is 4.58. The number of hydrogen-bond donors (Lipinski definition) is 0. The monoisotopic (exact) mass is 313 g/mol. The van der Waals surface area contributed by atoms with Crippen LogP contribution in [0.2, 0.25) is 0 Å². The van der Waals surface area contributed by atoms with Crippen LogP contribution < -0.4 is 4.74 Å². The normalized spacial score (nSPS) is 10.5. The zero-order valence-electron chi connectivity index (χ0n) is 11.7. The number of nitrogens with zero attached hydrogens (tertiary/aromatic N) is 1. The van der Waals surface area contributed by atoms with Crippen molar-refractivity contribution in [2.75, 3.05) is 6.26 Å². The SMILES string of the molecule is CSc1ccc(-c2csc(COc3ccccc3)n2)cc1. The molecule has 0 aliphatic rings. The lowest BCUT2D eigenvalue weighted by atomic mass is 10.2. The second-order valence-corrected chi connectivity index (χ2v) is 6.28. The van der Waals surface area contributed by atoms with Crippen LogP contribution >= 0.6 is 23.1 Å². The van der Waals surface area contributed by atoms with Gasteiger partial charge in [-0.2, -0.15) is 0 Å². The molecule has 1 heterocycles. The fraction of sp³-hybridized carbons (Fsp3) is 0.118. The van der Waals surface area contributed by atoms with E-state index in [1.54, 1.807) is 23.1 Å². The van der Waals surface area contributed by atoms with E-state index >= 15 is 0 Å². The summed E-state index contributed by atoms with van der Waals surface area (Å²) in [5.74, 6) is 0.874. The highest BCUT2D eigenvalue weighted by Crippen LogP contribution is 2.25. The summed E-state index contributed by atoms with van der Waals surface area (Å²) in [6.45, 7) is 0.511. The lowest BCUT2D eigenvalue weighted by molar-refractivity contribution is 0.305. The van der Waals surface area contributed by atoms with Crippen LogP contribution in [0.15, 0.2) is 64.9 Å². The van der Waals surface area contributed by atoms with E-state index in [9.17, 15) is 0 Å². The van der Waals surface area contributed by atoms with Crippen molar-refractivity contribution >= 4 is 23.1 Å². The average molecular weight is 313 g/mol. The van der Waals surface area contributed by atoms with Gasteiger partial charge in [-0.05, 0) is 30.5 Å². The molecule has 0 aliphatic heterocycles. The molecule has 4 heteroatoms. The fourth-order valence-corrected chi connectivity index (χ4v) is 3.06. The molecule has 0 radical (unpaired) electrons. The van der Waals surface area contributed by atoms with Gasteiger partial charge in [0.15, 0.2) is 0 Å². The zero-order chi connectivity index (χ0) is 14.5. The van der Waals surface area contributed by atoms with Crippen molar-refractivity contribution < 1.29 is 4.74 Å². The minimum Gasteiger partial charge on any atom is -0.486 e. The summed E-state index contributed by atoms with van der Waals surface area (Å²) in [5.41, 5.74) is 2.16. The second kappa shape index (κ2) is 6.78. The summed E-state index contributed by atoms with van der Waals surface area (Å²) in [6.07, 6.45) is 2.08. The molecule has 0 spiro atoms. The van der Waals surface area contributed by atoms with E-state index in [0.29, 0.717) is 6.61 Å². The maximum atomic E-state index is 5.72. The summed E-state index contributed by atoms with van der Waals surface area (Å²) >= 11 is 3.38. The molecule has 1 aromatic heterocycles. The first-order valence-electron chi connectivity index (χ1n) is 6.62. The smallest absolute Gasteiger partial charge is 0.140 e. The maximum absolute atomic E-state index is 5.72. The van der Waals surface area contributed by atoms with Crippen molar-refractivity contribution in [1.82, 2.24) is 4.98 Å². The summed E-state index contributed by atoms with van der Waals surface area (Å²) in [5, 5.41) is 3.07. The van der Waals surface area contributed by atoms with Gasteiger partial charge in [0.1, 0.15) is 17.4 Å². The standard InChI is InChI=1S/C17H15NOS2/c1-20-15-9-7-13(8-10-15)16-12-21-17(18-16)11-19-14-5-3-2-4-6-14/h2-10,12H,11H2,1H3. The molecule has 0 bridgehead atoms. The van der Waals surface area contributed by atoms with Gasteiger partial charge in [0.25, 0.3) is 0 Å². The molecule has 106 valence electrons. The minimum absolute atomic E-state index is 0.511. The zero-order valence-corrected chi connectivity index (χ0v) is 13.3. The molecule has 0 atom stereocenters. The first-order chi connectivity index (χ1) is 10.3. The minimum atomic E-state index is 0.511. The van der Waals surface area contributed by atoms with E-state index in [-0.39, 0.29) is 0 Å². The molecule has 0 saturated heterocycles. The molecule has 3 rings (SSSR count). The van der Waals surface area contributed by atoms with Gasteiger partial charge < -0.3 is 4.74 Å². The Hall–Kier alpha value is -1.78. The molecule has 2 aromatic carbocycles. The summed E-state index contributed by atoms with van der Waals surface area (Å²) in [7, 11) is 0. The fourth-order valence-electron chi connectivity index (χ4n) is 1.93. The predicted molar refractivity (Wildman–Crippen MR) is 90.1 cm³/mol. The first-order valence-corrected chi connectivity index (χ1v) is 8.72. The van der Waals surface area contributed by atoms with Crippen LogP contribution in [0.3, 0.4) is 0 Å².